The molecule has 5 heteroatoms. The van der Waals surface area contributed by atoms with Crippen molar-refractivity contribution in [2.24, 2.45) is 0 Å². The van der Waals surface area contributed by atoms with Gasteiger partial charge in [-0.3, -0.25) is 4.79 Å². The van der Waals surface area contributed by atoms with Gasteiger partial charge in [-0.15, -0.1) is 0 Å². The Morgan fingerprint density at radius 2 is 2.12 bits per heavy atom. The highest BCUT2D eigenvalue weighted by atomic mass is 35.5. The Kier molecular flexibility index (Phi) is 3.25. The number of aromatic nitrogens is 1. The average molecular weight is 249 g/mol. The number of nitrogens with one attached hydrogen (secondary N) is 1. The number of hydrogen-bond donors (Lipinski definition) is 2. The van der Waals surface area contributed by atoms with Gasteiger partial charge in [0.2, 0.25) is 0 Å². The lowest BCUT2D eigenvalue weighted by molar-refractivity contribution is 0.102. The van der Waals surface area contributed by atoms with Crippen LogP contribution < -0.4 is 5.32 Å². The first kappa shape index (κ1) is 11.4. The van der Waals surface area contributed by atoms with Crippen molar-refractivity contribution in [3.05, 3.63) is 53.3 Å². The van der Waals surface area contributed by atoms with Gasteiger partial charge in [0.1, 0.15) is 11.4 Å². The fourth-order valence-corrected chi connectivity index (χ4v) is 1.40. The lowest BCUT2D eigenvalue weighted by Crippen LogP contribution is -2.13. The quantitative estimate of drug-likeness (QED) is 0.859. The van der Waals surface area contributed by atoms with E-state index in [0.29, 0.717) is 10.7 Å². The molecule has 0 spiro atoms. The highest BCUT2D eigenvalue weighted by molar-refractivity contribution is 6.30. The number of pyridine rings is 1. The molecule has 0 radical (unpaired) electrons. The standard InChI is InChI=1S/C12H9ClN2O2/c13-8-4-5-11(14-7-8)12(17)15-9-2-1-3-10(16)6-9/h1-7,16H,(H,15,17). The van der Waals surface area contributed by atoms with Gasteiger partial charge in [0.15, 0.2) is 0 Å². The Bertz CT molecular complexity index is 540. The number of amides is 1. The molecule has 0 unspecified atom stereocenters. The van der Waals surface area contributed by atoms with Gasteiger partial charge in [-0.1, -0.05) is 17.7 Å². The molecule has 1 aromatic carbocycles. The highest BCUT2D eigenvalue weighted by Crippen LogP contribution is 2.16. The van der Waals surface area contributed by atoms with Gasteiger partial charge in [-0.25, -0.2) is 4.98 Å². The zero-order valence-corrected chi connectivity index (χ0v) is 9.48. The van der Waals surface area contributed by atoms with Crippen LogP contribution >= 0.6 is 11.6 Å². The van der Waals surface area contributed by atoms with Crippen molar-refractivity contribution in [2.45, 2.75) is 0 Å². The zero-order chi connectivity index (χ0) is 12.3. The average Bonchev–Trinajstić information content (AvgIpc) is 2.29. The first-order valence-corrected chi connectivity index (χ1v) is 5.25. The summed E-state index contributed by atoms with van der Waals surface area (Å²) in [5, 5.41) is 12.3. The molecule has 0 fully saturated rings. The molecule has 86 valence electrons. The minimum atomic E-state index is -0.354. The first-order chi connectivity index (χ1) is 8.15. The molecule has 2 N–H and O–H groups in total. The molecule has 0 saturated carbocycles. The summed E-state index contributed by atoms with van der Waals surface area (Å²) in [6.07, 6.45) is 1.40. The van der Waals surface area contributed by atoms with Crippen LogP contribution in [0.25, 0.3) is 0 Å². The topological polar surface area (TPSA) is 62.2 Å². The Morgan fingerprint density at radius 1 is 1.29 bits per heavy atom. The van der Waals surface area contributed by atoms with Gasteiger partial charge in [-0.05, 0) is 24.3 Å². The fourth-order valence-electron chi connectivity index (χ4n) is 1.29. The van der Waals surface area contributed by atoms with Crippen LogP contribution in [-0.4, -0.2) is 16.0 Å². The summed E-state index contributed by atoms with van der Waals surface area (Å²) in [7, 11) is 0. The third kappa shape index (κ3) is 2.95. The molecule has 0 aliphatic carbocycles. The summed E-state index contributed by atoms with van der Waals surface area (Å²) >= 11 is 5.67. The highest BCUT2D eigenvalue weighted by Gasteiger charge is 2.07. The lowest BCUT2D eigenvalue weighted by atomic mass is 10.3. The van der Waals surface area contributed by atoms with Crippen LogP contribution in [0, 0.1) is 0 Å². The van der Waals surface area contributed by atoms with E-state index in [4.69, 9.17) is 11.6 Å². The van der Waals surface area contributed by atoms with Gasteiger partial charge in [0, 0.05) is 18.0 Å². The monoisotopic (exact) mass is 248 g/mol. The molecule has 1 heterocycles. The second-order valence-corrected chi connectivity index (χ2v) is 3.80. The Balaban J connectivity index is 2.14. The number of phenols is 1. The Hall–Kier alpha value is -2.07. The maximum absolute atomic E-state index is 11.7. The SMILES string of the molecule is O=C(Nc1cccc(O)c1)c1ccc(Cl)cn1. The van der Waals surface area contributed by atoms with Crippen LogP contribution in [0.4, 0.5) is 5.69 Å². The van der Waals surface area contributed by atoms with E-state index in [0.717, 1.165) is 0 Å². The number of hydrogen-bond acceptors (Lipinski definition) is 3. The van der Waals surface area contributed by atoms with Crippen molar-refractivity contribution >= 4 is 23.2 Å². The molecule has 0 aliphatic heterocycles. The molecule has 0 saturated heterocycles. The molecule has 0 aliphatic rings. The van der Waals surface area contributed by atoms with Crippen molar-refractivity contribution < 1.29 is 9.90 Å². The van der Waals surface area contributed by atoms with Crippen molar-refractivity contribution in [3.8, 4) is 5.75 Å². The van der Waals surface area contributed by atoms with Crippen LogP contribution in [-0.2, 0) is 0 Å². The second-order valence-electron chi connectivity index (χ2n) is 3.37. The summed E-state index contributed by atoms with van der Waals surface area (Å²) < 4.78 is 0. The molecular formula is C12H9ClN2O2. The summed E-state index contributed by atoms with van der Waals surface area (Å²) in [6, 6.07) is 9.41. The molecule has 0 atom stereocenters. The fraction of sp³-hybridized carbons (Fsp3) is 0. The van der Waals surface area contributed by atoms with Crippen LogP contribution in [0.2, 0.25) is 5.02 Å². The lowest BCUT2D eigenvalue weighted by Gasteiger charge is -2.04. The number of benzene rings is 1. The number of nitrogens with zero attached hydrogens (tertiary/aromatic N) is 1. The van der Waals surface area contributed by atoms with Crippen LogP contribution in [0.15, 0.2) is 42.6 Å². The molecule has 0 bridgehead atoms. The minimum Gasteiger partial charge on any atom is -0.508 e. The van der Waals surface area contributed by atoms with E-state index in [-0.39, 0.29) is 17.4 Å². The number of halogens is 1. The Labute approximate surface area is 103 Å². The van der Waals surface area contributed by atoms with E-state index in [1.54, 1.807) is 18.2 Å². The second kappa shape index (κ2) is 4.84. The molecule has 1 aromatic heterocycles. The number of aromatic hydroxyl groups is 1. The summed E-state index contributed by atoms with van der Waals surface area (Å²) in [5.41, 5.74) is 0.768. The van der Waals surface area contributed by atoms with Crippen molar-refractivity contribution in [1.82, 2.24) is 4.98 Å². The number of anilines is 1. The maximum Gasteiger partial charge on any atom is 0.274 e. The first-order valence-electron chi connectivity index (χ1n) is 4.87. The van der Waals surface area contributed by atoms with Crippen LogP contribution in [0.3, 0.4) is 0 Å². The van der Waals surface area contributed by atoms with Crippen molar-refractivity contribution in [1.29, 1.82) is 0 Å². The van der Waals surface area contributed by atoms with E-state index in [1.165, 1.54) is 24.4 Å². The summed E-state index contributed by atoms with van der Waals surface area (Å²) in [4.78, 5) is 15.6. The molecule has 17 heavy (non-hydrogen) atoms. The largest absolute Gasteiger partial charge is 0.508 e. The predicted octanol–water partition coefficient (Wildman–Crippen LogP) is 2.69. The summed E-state index contributed by atoms with van der Waals surface area (Å²) in [6.45, 7) is 0. The number of carbonyl (C=O) groups is 1. The number of carbonyl (C=O) groups excluding carboxylic acids is 1. The van der Waals surface area contributed by atoms with Crippen molar-refractivity contribution in [2.75, 3.05) is 5.32 Å². The third-order valence-electron chi connectivity index (χ3n) is 2.06. The minimum absolute atomic E-state index is 0.0897. The predicted molar refractivity (Wildman–Crippen MR) is 65.3 cm³/mol. The van der Waals surface area contributed by atoms with Gasteiger partial charge in [-0.2, -0.15) is 0 Å². The van der Waals surface area contributed by atoms with E-state index in [1.807, 2.05) is 0 Å². The summed E-state index contributed by atoms with van der Waals surface area (Å²) in [5.74, 6) is -0.265. The van der Waals surface area contributed by atoms with E-state index in [9.17, 15) is 9.90 Å². The van der Waals surface area contributed by atoms with Gasteiger partial charge >= 0.3 is 0 Å². The van der Waals surface area contributed by atoms with Gasteiger partial charge < -0.3 is 10.4 Å². The maximum atomic E-state index is 11.7. The van der Waals surface area contributed by atoms with Gasteiger partial charge in [0.05, 0.1) is 5.02 Å². The number of rotatable bonds is 2. The van der Waals surface area contributed by atoms with Crippen LogP contribution in [0.1, 0.15) is 10.5 Å². The molecular weight excluding hydrogens is 240 g/mol. The van der Waals surface area contributed by atoms with Crippen LogP contribution in [0.5, 0.6) is 5.75 Å². The molecule has 1 amide bonds. The van der Waals surface area contributed by atoms with E-state index in [2.05, 4.69) is 10.3 Å². The molecule has 4 nitrogen and oxygen atoms in total. The Morgan fingerprint density at radius 3 is 2.76 bits per heavy atom. The molecule has 2 aromatic rings. The van der Waals surface area contributed by atoms with Crippen molar-refractivity contribution in [3.63, 3.8) is 0 Å². The third-order valence-corrected chi connectivity index (χ3v) is 2.29. The van der Waals surface area contributed by atoms with E-state index < -0.39 is 0 Å². The van der Waals surface area contributed by atoms with Gasteiger partial charge in [0.25, 0.3) is 5.91 Å². The number of phenolic OH excluding ortho intramolecular Hbond substituents is 1. The molecule has 2 rings (SSSR count). The smallest absolute Gasteiger partial charge is 0.274 e. The normalized spacial score (nSPS) is 9.94. The van der Waals surface area contributed by atoms with E-state index >= 15 is 0 Å². The zero-order valence-electron chi connectivity index (χ0n) is 8.72.